The number of ether oxygens (including phenoxy) is 1. The maximum Gasteiger partial charge on any atom is 0.306 e. The summed E-state index contributed by atoms with van der Waals surface area (Å²) in [6, 6.07) is 0. The van der Waals surface area contributed by atoms with Crippen LogP contribution in [0.1, 0.15) is 31.5 Å². The first kappa shape index (κ1) is 16.6. The largest absolute Gasteiger partial charge is 0.466 e. The van der Waals surface area contributed by atoms with Crippen LogP contribution in [0.2, 0.25) is 0 Å². The minimum atomic E-state index is -0.466. The second kappa shape index (κ2) is 7.98. The van der Waals surface area contributed by atoms with Crippen molar-refractivity contribution in [2.24, 2.45) is 0 Å². The molecule has 1 amide bonds. The number of aromatic amines is 1. The molecular weight excluding hydrogens is 274 g/mol. The normalized spacial score (nSPS) is 10.6. The van der Waals surface area contributed by atoms with Gasteiger partial charge in [-0.15, -0.1) is 0 Å². The third-order valence-corrected chi connectivity index (χ3v) is 2.67. The molecule has 0 fully saturated rings. The summed E-state index contributed by atoms with van der Waals surface area (Å²) in [5.74, 6) is -0.651. The number of hydrogen-bond acceptors (Lipinski definition) is 5. The first-order chi connectivity index (χ1) is 9.97. The lowest BCUT2D eigenvalue weighted by molar-refractivity contribution is -0.143. The van der Waals surface area contributed by atoms with E-state index in [0.717, 1.165) is 0 Å². The van der Waals surface area contributed by atoms with Gasteiger partial charge >= 0.3 is 5.97 Å². The molecule has 0 atom stereocenters. The Balaban J connectivity index is 2.83. The van der Waals surface area contributed by atoms with E-state index in [-0.39, 0.29) is 30.7 Å². The van der Waals surface area contributed by atoms with E-state index >= 15 is 0 Å². The SMILES string of the molecule is CC=CC(=O)Nc1nc(=O)c(CCC(=O)OCC)c(C)[nH]1. The summed E-state index contributed by atoms with van der Waals surface area (Å²) in [6.45, 7) is 5.43. The average Bonchev–Trinajstić information content (AvgIpc) is 2.38. The Labute approximate surface area is 122 Å². The summed E-state index contributed by atoms with van der Waals surface area (Å²) in [7, 11) is 0. The molecule has 0 aliphatic carbocycles. The molecule has 1 aromatic rings. The minimum absolute atomic E-state index is 0.0838. The van der Waals surface area contributed by atoms with Gasteiger partial charge in [0.05, 0.1) is 6.61 Å². The third-order valence-electron chi connectivity index (χ3n) is 2.67. The molecule has 1 heterocycles. The van der Waals surface area contributed by atoms with E-state index in [2.05, 4.69) is 15.3 Å². The van der Waals surface area contributed by atoms with Crippen LogP contribution in [0, 0.1) is 6.92 Å². The fourth-order valence-electron chi connectivity index (χ4n) is 1.73. The maximum atomic E-state index is 11.9. The zero-order valence-electron chi connectivity index (χ0n) is 12.4. The standard InChI is InChI=1S/C14H19N3O4/c1-4-6-11(18)16-14-15-9(3)10(13(20)17-14)7-8-12(19)21-5-2/h4,6H,5,7-8H2,1-3H3,(H2,15,16,17,18,20). The minimum Gasteiger partial charge on any atom is -0.466 e. The topological polar surface area (TPSA) is 101 Å². The summed E-state index contributed by atoms with van der Waals surface area (Å²) in [5.41, 5.74) is 0.508. The molecule has 0 aromatic carbocycles. The highest BCUT2D eigenvalue weighted by Crippen LogP contribution is 2.06. The summed E-state index contributed by atoms with van der Waals surface area (Å²) in [6.07, 6.45) is 3.26. The smallest absolute Gasteiger partial charge is 0.306 e. The van der Waals surface area contributed by atoms with E-state index in [1.54, 1.807) is 26.8 Å². The Hall–Kier alpha value is -2.44. The van der Waals surface area contributed by atoms with Gasteiger partial charge < -0.3 is 9.72 Å². The quantitative estimate of drug-likeness (QED) is 0.604. The van der Waals surface area contributed by atoms with E-state index in [4.69, 9.17) is 4.74 Å². The molecule has 1 rings (SSSR count). The summed E-state index contributed by atoms with van der Waals surface area (Å²) >= 11 is 0. The molecule has 0 saturated heterocycles. The number of carbonyl (C=O) groups is 2. The summed E-state index contributed by atoms with van der Waals surface area (Å²) in [5, 5.41) is 2.45. The average molecular weight is 293 g/mol. The van der Waals surface area contributed by atoms with Crippen molar-refractivity contribution in [1.82, 2.24) is 9.97 Å². The van der Waals surface area contributed by atoms with Crippen LogP contribution >= 0.6 is 0 Å². The molecule has 2 N–H and O–H groups in total. The highest BCUT2D eigenvalue weighted by atomic mass is 16.5. The second-order valence-corrected chi connectivity index (χ2v) is 4.29. The number of aryl methyl sites for hydroxylation is 1. The van der Waals surface area contributed by atoms with Crippen LogP contribution in [0.3, 0.4) is 0 Å². The van der Waals surface area contributed by atoms with Gasteiger partial charge in [-0.1, -0.05) is 6.08 Å². The van der Waals surface area contributed by atoms with Crippen LogP contribution < -0.4 is 10.9 Å². The first-order valence-corrected chi connectivity index (χ1v) is 6.67. The van der Waals surface area contributed by atoms with Gasteiger partial charge in [0.2, 0.25) is 11.9 Å². The van der Waals surface area contributed by atoms with Gasteiger partial charge in [0, 0.05) is 17.7 Å². The van der Waals surface area contributed by atoms with Crippen molar-refractivity contribution in [1.29, 1.82) is 0 Å². The number of carbonyl (C=O) groups excluding carboxylic acids is 2. The number of amides is 1. The van der Waals surface area contributed by atoms with E-state index in [1.807, 2.05) is 0 Å². The van der Waals surface area contributed by atoms with Crippen molar-refractivity contribution in [3.63, 3.8) is 0 Å². The molecule has 0 unspecified atom stereocenters. The molecule has 114 valence electrons. The van der Waals surface area contributed by atoms with Gasteiger partial charge in [-0.25, -0.2) is 0 Å². The van der Waals surface area contributed by atoms with E-state index in [1.165, 1.54) is 6.08 Å². The molecule has 1 aromatic heterocycles. The van der Waals surface area contributed by atoms with Gasteiger partial charge in [-0.3, -0.25) is 19.7 Å². The number of anilines is 1. The van der Waals surface area contributed by atoms with Crippen LogP contribution in [-0.4, -0.2) is 28.5 Å². The van der Waals surface area contributed by atoms with Crippen LogP contribution in [0.25, 0.3) is 0 Å². The highest BCUT2D eigenvalue weighted by molar-refractivity contribution is 5.97. The number of esters is 1. The predicted octanol–water partition coefficient (Wildman–Crippen LogP) is 1.09. The Morgan fingerprint density at radius 2 is 2.14 bits per heavy atom. The number of allylic oxidation sites excluding steroid dienone is 1. The summed E-state index contributed by atoms with van der Waals surface area (Å²) in [4.78, 5) is 41.2. The molecule has 0 aliphatic heterocycles. The van der Waals surface area contributed by atoms with E-state index in [0.29, 0.717) is 17.9 Å². The third kappa shape index (κ3) is 5.21. The number of H-pyrrole nitrogens is 1. The fourth-order valence-corrected chi connectivity index (χ4v) is 1.73. The van der Waals surface area contributed by atoms with Crippen LogP contribution in [0.15, 0.2) is 16.9 Å². The molecule has 0 saturated carbocycles. The molecule has 21 heavy (non-hydrogen) atoms. The van der Waals surface area contributed by atoms with Gasteiger partial charge in [-0.05, 0) is 33.3 Å². The van der Waals surface area contributed by atoms with Gasteiger partial charge in [0.1, 0.15) is 0 Å². The first-order valence-electron chi connectivity index (χ1n) is 6.67. The molecule has 7 nitrogen and oxygen atoms in total. The molecule has 7 heteroatoms. The number of nitrogens with zero attached hydrogens (tertiary/aromatic N) is 1. The Morgan fingerprint density at radius 1 is 1.43 bits per heavy atom. The van der Waals surface area contributed by atoms with Crippen molar-refractivity contribution < 1.29 is 14.3 Å². The van der Waals surface area contributed by atoms with Gasteiger partial charge in [-0.2, -0.15) is 4.98 Å². The van der Waals surface area contributed by atoms with Crippen molar-refractivity contribution in [3.8, 4) is 0 Å². The Bertz CT molecular complexity index is 605. The lowest BCUT2D eigenvalue weighted by atomic mass is 10.1. The zero-order valence-corrected chi connectivity index (χ0v) is 12.4. The van der Waals surface area contributed by atoms with E-state index in [9.17, 15) is 14.4 Å². The monoisotopic (exact) mass is 293 g/mol. The lowest BCUT2D eigenvalue weighted by Crippen LogP contribution is -2.22. The molecule has 0 bridgehead atoms. The number of aromatic nitrogens is 2. The zero-order chi connectivity index (χ0) is 15.8. The fraction of sp³-hybridized carbons (Fsp3) is 0.429. The molecular formula is C14H19N3O4. The molecule has 0 radical (unpaired) electrons. The maximum absolute atomic E-state index is 11.9. The van der Waals surface area contributed by atoms with Crippen LogP contribution in [-0.2, 0) is 20.7 Å². The van der Waals surface area contributed by atoms with Crippen molar-refractivity contribution >= 4 is 17.8 Å². The Kier molecular flexibility index (Phi) is 6.32. The lowest BCUT2D eigenvalue weighted by Gasteiger charge is -2.07. The number of nitrogens with one attached hydrogen (secondary N) is 2. The predicted molar refractivity (Wildman–Crippen MR) is 78.0 cm³/mol. The van der Waals surface area contributed by atoms with Gasteiger partial charge in [0.15, 0.2) is 0 Å². The van der Waals surface area contributed by atoms with Gasteiger partial charge in [0.25, 0.3) is 5.56 Å². The number of hydrogen-bond donors (Lipinski definition) is 2. The van der Waals surface area contributed by atoms with Crippen LogP contribution in [0.4, 0.5) is 5.95 Å². The van der Waals surface area contributed by atoms with Crippen LogP contribution in [0.5, 0.6) is 0 Å². The van der Waals surface area contributed by atoms with Crippen molar-refractivity contribution in [3.05, 3.63) is 33.8 Å². The summed E-state index contributed by atoms with van der Waals surface area (Å²) < 4.78 is 4.81. The highest BCUT2D eigenvalue weighted by Gasteiger charge is 2.11. The second-order valence-electron chi connectivity index (χ2n) is 4.29. The molecule has 0 spiro atoms. The van der Waals surface area contributed by atoms with E-state index < -0.39 is 5.56 Å². The van der Waals surface area contributed by atoms with Crippen molar-refractivity contribution in [2.75, 3.05) is 11.9 Å². The van der Waals surface area contributed by atoms with Crippen molar-refractivity contribution in [2.45, 2.75) is 33.6 Å². The molecule has 0 aliphatic rings. The Morgan fingerprint density at radius 3 is 2.71 bits per heavy atom. The number of rotatable bonds is 6.